The summed E-state index contributed by atoms with van der Waals surface area (Å²) in [5.74, 6) is 0.897. The number of urea groups is 1. The van der Waals surface area contributed by atoms with Gasteiger partial charge in [-0.05, 0) is 24.6 Å². The second-order valence-corrected chi connectivity index (χ2v) is 6.27. The molecule has 0 radical (unpaired) electrons. The Labute approximate surface area is 161 Å². The van der Waals surface area contributed by atoms with E-state index in [1.807, 2.05) is 36.4 Å². The number of methoxy groups -OCH3 is 1. The van der Waals surface area contributed by atoms with Gasteiger partial charge in [-0.15, -0.1) is 9.90 Å². The van der Waals surface area contributed by atoms with E-state index in [-0.39, 0.29) is 18.2 Å². The number of nitrogens with zero attached hydrogens (tertiary/aromatic N) is 4. The molecule has 0 unspecified atom stereocenters. The number of para-hydroxylation sites is 1. The van der Waals surface area contributed by atoms with Crippen LogP contribution in [0.25, 0.3) is 5.69 Å². The standard InChI is InChI=1S/C19H20N6O3/c1-27-17-8-7-13(11-20-17)18-15(9-10-28-18)22-19(26)23-16-12-21-25(24-16)14-5-3-2-4-6-14/h2-8,11-12,15,18H,9-10H2,1H3,(H2,22,23,24,26)/t15-,18+/m1/s1. The van der Waals surface area contributed by atoms with Gasteiger partial charge in [-0.3, -0.25) is 5.32 Å². The summed E-state index contributed by atoms with van der Waals surface area (Å²) >= 11 is 0. The van der Waals surface area contributed by atoms with Crippen LogP contribution >= 0.6 is 0 Å². The van der Waals surface area contributed by atoms with Crippen molar-refractivity contribution >= 4 is 11.8 Å². The van der Waals surface area contributed by atoms with Crippen molar-refractivity contribution in [2.75, 3.05) is 19.0 Å². The highest BCUT2D eigenvalue weighted by Gasteiger charge is 2.31. The highest BCUT2D eigenvalue weighted by atomic mass is 16.5. The summed E-state index contributed by atoms with van der Waals surface area (Å²) < 4.78 is 10.9. The van der Waals surface area contributed by atoms with Gasteiger partial charge in [0, 0.05) is 24.4 Å². The second kappa shape index (κ2) is 8.05. The number of hydrogen-bond acceptors (Lipinski definition) is 6. The second-order valence-electron chi connectivity index (χ2n) is 6.27. The topological polar surface area (TPSA) is 103 Å². The third-order valence-electron chi connectivity index (χ3n) is 4.43. The quantitative estimate of drug-likeness (QED) is 0.704. The third-order valence-corrected chi connectivity index (χ3v) is 4.43. The van der Waals surface area contributed by atoms with Gasteiger partial charge in [-0.1, -0.05) is 18.2 Å². The summed E-state index contributed by atoms with van der Waals surface area (Å²) in [4.78, 5) is 18.1. The van der Waals surface area contributed by atoms with Crippen molar-refractivity contribution in [1.29, 1.82) is 0 Å². The number of ether oxygens (including phenoxy) is 2. The van der Waals surface area contributed by atoms with E-state index in [1.165, 1.54) is 11.0 Å². The molecule has 0 aliphatic carbocycles. The van der Waals surface area contributed by atoms with Crippen LogP contribution in [0.1, 0.15) is 18.1 Å². The molecule has 144 valence electrons. The molecule has 2 aromatic heterocycles. The Bertz CT molecular complexity index is 928. The molecule has 1 fully saturated rings. The number of aromatic nitrogens is 4. The molecule has 1 aliphatic rings. The Hall–Kier alpha value is -3.46. The number of carbonyl (C=O) groups excluding carboxylic acids is 1. The molecule has 2 N–H and O–H groups in total. The number of rotatable bonds is 5. The molecule has 9 heteroatoms. The van der Waals surface area contributed by atoms with E-state index < -0.39 is 0 Å². The number of hydrogen-bond donors (Lipinski definition) is 2. The van der Waals surface area contributed by atoms with Crippen LogP contribution in [0, 0.1) is 0 Å². The van der Waals surface area contributed by atoms with E-state index in [2.05, 4.69) is 25.8 Å². The van der Waals surface area contributed by atoms with Crippen molar-refractivity contribution in [2.24, 2.45) is 0 Å². The first-order chi connectivity index (χ1) is 13.7. The number of anilines is 1. The average molecular weight is 380 g/mol. The Morgan fingerprint density at radius 1 is 1.21 bits per heavy atom. The maximum atomic E-state index is 12.4. The zero-order valence-electron chi connectivity index (χ0n) is 15.3. The Kier molecular flexibility index (Phi) is 5.16. The molecule has 1 saturated heterocycles. The molecule has 28 heavy (non-hydrogen) atoms. The molecule has 0 bridgehead atoms. The zero-order valence-corrected chi connectivity index (χ0v) is 15.3. The molecule has 9 nitrogen and oxygen atoms in total. The Morgan fingerprint density at radius 2 is 2.07 bits per heavy atom. The van der Waals surface area contributed by atoms with Crippen LogP contribution in [-0.4, -0.2) is 45.8 Å². The van der Waals surface area contributed by atoms with E-state index in [0.717, 1.165) is 11.3 Å². The van der Waals surface area contributed by atoms with Gasteiger partial charge in [0.25, 0.3) is 0 Å². The van der Waals surface area contributed by atoms with Crippen LogP contribution in [0.3, 0.4) is 0 Å². The monoisotopic (exact) mass is 380 g/mol. The minimum absolute atomic E-state index is 0.167. The van der Waals surface area contributed by atoms with Gasteiger partial charge in [-0.2, -0.15) is 5.10 Å². The first-order valence-corrected chi connectivity index (χ1v) is 8.90. The Balaban J connectivity index is 1.38. The third kappa shape index (κ3) is 3.94. The van der Waals surface area contributed by atoms with Crippen LogP contribution in [0.15, 0.2) is 54.9 Å². The SMILES string of the molecule is COc1ccc([C@@H]2OCC[C@H]2NC(=O)Nc2cnn(-c3ccccc3)n2)cn1. The maximum absolute atomic E-state index is 12.4. The number of amides is 2. The van der Waals surface area contributed by atoms with Crippen molar-refractivity contribution < 1.29 is 14.3 Å². The van der Waals surface area contributed by atoms with Crippen LogP contribution in [-0.2, 0) is 4.74 Å². The number of benzene rings is 1. The lowest BCUT2D eigenvalue weighted by molar-refractivity contribution is 0.100. The van der Waals surface area contributed by atoms with E-state index >= 15 is 0 Å². The molecule has 1 aliphatic heterocycles. The van der Waals surface area contributed by atoms with Crippen LogP contribution in [0.4, 0.5) is 10.6 Å². The smallest absolute Gasteiger partial charge is 0.320 e. The largest absolute Gasteiger partial charge is 0.481 e. The van der Waals surface area contributed by atoms with Crippen LogP contribution in [0.5, 0.6) is 5.88 Å². The first-order valence-electron chi connectivity index (χ1n) is 8.90. The van der Waals surface area contributed by atoms with Gasteiger partial charge in [0.1, 0.15) is 6.10 Å². The van der Waals surface area contributed by atoms with E-state index in [9.17, 15) is 4.79 Å². The van der Waals surface area contributed by atoms with E-state index in [4.69, 9.17) is 9.47 Å². The lowest BCUT2D eigenvalue weighted by Crippen LogP contribution is -2.39. The molecule has 0 saturated carbocycles. The minimum Gasteiger partial charge on any atom is -0.481 e. The van der Waals surface area contributed by atoms with Crippen LogP contribution in [0.2, 0.25) is 0 Å². The van der Waals surface area contributed by atoms with Gasteiger partial charge in [0.05, 0.1) is 25.0 Å². The molecular formula is C19H20N6O3. The summed E-state index contributed by atoms with van der Waals surface area (Å²) in [5, 5.41) is 14.1. The lowest BCUT2D eigenvalue weighted by Gasteiger charge is -2.20. The fourth-order valence-electron chi connectivity index (χ4n) is 3.07. The summed E-state index contributed by atoms with van der Waals surface area (Å²) in [5.41, 5.74) is 1.70. The van der Waals surface area contributed by atoms with Gasteiger partial charge in [0.15, 0.2) is 5.82 Å². The van der Waals surface area contributed by atoms with E-state index in [1.54, 1.807) is 19.4 Å². The summed E-state index contributed by atoms with van der Waals surface area (Å²) in [6, 6.07) is 12.6. The lowest BCUT2D eigenvalue weighted by atomic mass is 10.0. The van der Waals surface area contributed by atoms with Crippen molar-refractivity contribution in [3.05, 3.63) is 60.4 Å². The summed E-state index contributed by atoms with van der Waals surface area (Å²) in [6.45, 7) is 0.561. The first kappa shape index (κ1) is 17.9. The van der Waals surface area contributed by atoms with Crippen molar-refractivity contribution in [1.82, 2.24) is 25.3 Å². The highest BCUT2D eigenvalue weighted by Crippen LogP contribution is 2.29. The summed E-state index contributed by atoms with van der Waals surface area (Å²) in [7, 11) is 1.57. The van der Waals surface area contributed by atoms with Gasteiger partial charge in [-0.25, -0.2) is 9.78 Å². The predicted molar refractivity (Wildman–Crippen MR) is 101 cm³/mol. The highest BCUT2D eigenvalue weighted by molar-refractivity contribution is 5.88. The van der Waals surface area contributed by atoms with Crippen molar-refractivity contribution in [2.45, 2.75) is 18.6 Å². The fraction of sp³-hybridized carbons (Fsp3) is 0.263. The average Bonchev–Trinajstić information content (AvgIpc) is 3.38. The summed E-state index contributed by atoms with van der Waals surface area (Å²) in [6.07, 6.45) is 3.65. The molecule has 0 spiro atoms. The number of pyridine rings is 1. The molecule has 2 atom stereocenters. The predicted octanol–water partition coefficient (Wildman–Crippen LogP) is 2.32. The number of nitrogens with one attached hydrogen (secondary N) is 2. The molecule has 4 rings (SSSR count). The molecular weight excluding hydrogens is 360 g/mol. The van der Waals surface area contributed by atoms with E-state index in [0.29, 0.717) is 24.7 Å². The fourth-order valence-corrected chi connectivity index (χ4v) is 3.07. The van der Waals surface area contributed by atoms with Crippen molar-refractivity contribution in [3.63, 3.8) is 0 Å². The normalized spacial score (nSPS) is 18.6. The van der Waals surface area contributed by atoms with Gasteiger partial charge in [0.2, 0.25) is 5.88 Å². The van der Waals surface area contributed by atoms with Crippen molar-refractivity contribution in [3.8, 4) is 11.6 Å². The molecule has 1 aromatic carbocycles. The molecule has 3 aromatic rings. The van der Waals surface area contributed by atoms with Gasteiger partial charge < -0.3 is 14.8 Å². The maximum Gasteiger partial charge on any atom is 0.320 e. The number of carbonyl (C=O) groups is 1. The zero-order chi connectivity index (χ0) is 19.3. The minimum atomic E-state index is -0.359. The van der Waals surface area contributed by atoms with Crippen LogP contribution < -0.4 is 15.4 Å². The van der Waals surface area contributed by atoms with Gasteiger partial charge >= 0.3 is 6.03 Å². The molecule has 2 amide bonds. The Morgan fingerprint density at radius 3 is 2.82 bits per heavy atom. The molecule has 3 heterocycles.